The zero-order valence-electron chi connectivity index (χ0n) is 20.6. The van der Waals surface area contributed by atoms with Crippen molar-refractivity contribution in [3.63, 3.8) is 0 Å². The molecule has 3 aliphatic rings. The van der Waals surface area contributed by atoms with Gasteiger partial charge in [-0.15, -0.1) is 0 Å². The van der Waals surface area contributed by atoms with Gasteiger partial charge in [0.05, 0.1) is 0 Å². The number of thioether (sulfide) groups is 1. The number of benzene rings is 2. The summed E-state index contributed by atoms with van der Waals surface area (Å²) in [6, 6.07) is 19.3. The summed E-state index contributed by atoms with van der Waals surface area (Å²) in [6.07, 6.45) is 7.49. The van der Waals surface area contributed by atoms with E-state index in [9.17, 15) is 9.13 Å². The van der Waals surface area contributed by atoms with E-state index >= 15 is 0 Å². The molecule has 0 spiro atoms. The lowest BCUT2D eigenvalue weighted by molar-refractivity contribution is -0.0169. The summed E-state index contributed by atoms with van der Waals surface area (Å²) in [4.78, 5) is 0. The van der Waals surface area contributed by atoms with Gasteiger partial charge in [0.2, 0.25) is 0 Å². The second kappa shape index (κ2) is 11.6. The molecule has 3 fully saturated rings. The highest BCUT2D eigenvalue weighted by Crippen LogP contribution is 2.85. The fourth-order valence-electron chi connectivity index (χ4n) is 4.67. The zero-order valence-corrected chi connectivity index (χ0v) is 23.2. The Labute approximate surface area is 213 Å². The van der Waals surface area contributed by atoms with Crippen LogP contribution in [0.2, 0.25) is 0 Å². The number of rotatable bonds is 2. The highest BCUT2D eigenvalue weighted by atomic mass is 32.2. The Bertz CT molecular complexity index is 957. The molecule has 9 heteroatoms. The molecule has 0 radical (unpaired) electrons. The molecule has 6 nitrogen and oxygen atoms in total. The van der Waals surface area contributed by atoms with Crippen LogP contribution in [0.5, 0.6) is 0 Å². The second-order valence-corrected chi connectivity index (χ2v) is 14.4. The first kappa shape index (κ1) is 27.1. The molecular formula is C26H36O6P2S. The van der Waals surface area contributed by atoms with Gasteiger partial charge in [0.15, 0.2) is 0 Å². The zero-order chi connectivity index (χ0) is 24.8. The van der Waals surface area contributed by atoms with Crippen molar-refractivity contribution in [2.24, 2.45) is 0 Å². The minimum absolute atomic E-state index is 0.644. The van der Waals surface area contributed by atoms with Crippen LogP contribution >= 0.6 is 27.4 Å². The first-order valence-corrected chi connectivity index (χ1v) is 16.6. The minimum Gasteiger partial charge on any atom is -0.275 e. The topological polar surface area (TPSA) is 71.1 Å². The van der Waals surface area contributed by atoms with Gasteiger partial charge < -0.3 is 0 Å². The molecular weight excluding hydrogens is 502 g/mol. The number of phosphoric acid groups is 2. The molecule has 2 aromatic rings. The molecule has 0 N–H and O–H groups in total. The molecule has 2 aromatic carbocycles. The van der Waals surface area contributed by atoms with Gasteiger partial charge in [-0.25, -0.2) is 9.13 Å². The van der Waals surface area contributed by atoms with E-state index in [0.29, 0.717) is 12.8 Å². The predicted molar refractivity (Wildman–Crippen MR) is 141 cm³/mol. The standard InChI is InChI=1S/C26H36O6P2S/c1-25(23-15-7-3-8-16-23)19-11-5-13-21-35-22-14-6-12-20-26(2,24-17-9-4-10-18-24)30-34(28)31-33(27,29-25)32-34/h3-4,7-10,15-18H,5-6,11-14,19-22H2,1-2H3. The molecule has 5 rings (SSSR count). The van der Waals surface area contributed by atoms with Gasteiger partial charge in [-0.1, -0.05) is 86.3 Å². The van der Waals surface area contributed by atoms with Gasteiger partial charge >= 0.3 is 15.6 Å². The molecule has 0 aromatic heterocycles. The van der Waals surface area contributed by atoms with Crippen LogP contribution in [0.1, 0.15) is 76.3 Å². The van der Waals surface area contributed by atoms with Gasteiger partial charge in [0.1, 0.15) is 11.2 Å². The summed E-state index contributed by atoms with van der Waals surface area (Å²) in [7, 11) is -8.09. The number of hydrogen-bond donors (Lipinski definition) is 0. The lowest BCUT2D eigenvalue weighted by Gasteiger charge is -2.42. The first-order valence-electron chi connectivity index (χ1n) is 12.5. The summed E-state index contributed by atoms with van der Waals surface area (Å²) in [5.74, 6) is 2.28. The van der Waals surface area contributed by atoms with Gasteiger partial charge in [-0.2, -0.15) is 20.4 Å². The summed E-state index contributed by atoms with van der Waals surface area (Å²) in [6.45, 7) is 3.78. The summed E-state index contributed by atoms with van der Waals surface area (Å²) < 4.78 is 49.6. The minimum atomic E-state index is -4.05. The Hall–Kier alpha value is -0.910. The highest BCUT2D eigenvalue weighted by molar-refractivity contribution is 7.99. The van der Waals surface area contributed by atoms with Crippen LogP contribution in [-0.4, -0.2) is 11.5 Å². The van der Waals surface area contributed by atoms with E-state index in [1.54, 1.807) is 0 Å². The van der Waals surface area contributed by atoms with E-state index in [1.165, 1.54) is 0 Å². The highest BCUT2D eigenvalue weighted by Gasteiger charge is 2.61. The number of hydrogen-bond acceptors (Lipinski definition) is 7. The lowest BCUT2D eigenvalue weighted by Crippen LogP contribution is -2.30. The third-order valence-electron chi connectivity index (χ3n) is 6.68. The largest absolute Gasteiger partial charge is 0.493 e. The van der Waals surface area contributed by atoms with Crippen LogP contribution < -0.4 is 0 Å². The third kappa shape index (κ3) is 7.11. The van der Waals surface area contributed by atoms with Crippen LogP contribution in [0, 0.1) is 0 Å². The van der Waals surface area contributed by atoms with E-state index in [2.05, 4.69) is 0 Å². The van der Waals surface area contributed by atoms with Crippen molar-refractivity contribution >= 4 is 27.4 Å². The van der Waals surface area contributed by atoms with Gasteiger partial charge in [-0.05, 0) is 62.2 Å². The molecule has 35 heavy (non-hydrogen) atoms. The monoisotopic (exact) mass is 538 g/mol. The van der Waals surface area contributed by atoms with Gasteiger partial charge in [0.25, 0.3) is 0 Å². The normalized spacial score (nSPS) is 35.8. The van der Waals surface area contributed by atoms with Crippen LogP contribution in [0.15, 0.2) is 60.7 Å². The number of fused-ring (bicyclic) bond motifs is 14. The average molecular weight is 539 g/mol. The van der Waals surface area contributed by atoms with E-state index in [0.717, 1.165) is 61.2 Å². The van der Waals surface area contributed by atoms with Crippen molar-refractivity contribution < 1.29 is 26.8 Å². The fraction of sp³-hybridized carbons (Fsp3) is 0.538. The molecule has 3 aliphatic heterocycles. The molecule has 192 valence electrons. The summed E-state index contributed by atoms with van der Waals surface area (Å²) in [5, 5.41) is 0. The molecule has 3 heterocycles. The predicted octanol–water partition coefficient (Wildman–Crippen LogP) is 8.98. The van der Waals surface area contributed by atoms with E-state index < -0.39 is 26.8 Å². The van der Waals surface area contributed by atoms with Crippen LogP contribution in [0.3, 0.4) is 0 Å². The maximum Gasteiger partial charge on any atom is 0.493 e. The molecule has 0 amide bonds. The second-order valence-electron chi connectivity index (χ2n) is 9.67. The Morgan fingerprint density at radius 3 is 1.43 bits per heavy atom. The average Bonchev–Trinajstić information content (AvgIpc) is 2.82. The Balaban J connectivity index is 1.56. The molecule has 2 atom stereocenters. The fourth-order valence-corrected chi connectivity index (χ4v) is 9.61. The molecule has 0 saturated carbocycles. The van der Waals surface area contributed by atoms with Crippen LogP contribution in [-0.2, 0) is 38.0 Å². The van der Waals surface area contributed by atoms with E-state index in [4.69, 9.17) is 17.7 Å². The van der Waals surface area contributed by atoms with Crippen molar-refractivity contribution in [1.29, 1.82) is 0 Å². The Kier molecular flexibility index (Phi) is 9.03. The molecule has 3 saturated heterocycles. The van der Waals surface area contributed by atoms with Crippen molar-refractivity contribution in [2.45, 2.75) is 76.4 Å². The summed E-state index contributed by atoms with van der Waals surface area (Å²) in [5.41, 5.74) is -0.0434. The van der Waals surface area contributed by atoms with E-state index in [1.807, 2.05) is 86.3 Å². The SMILES string of the molecule is CC1(c2ccccc2)CCCCCSCCCCCC(C)(c2ccccc2)OP2(=O)OP(=O)(O1)O2. The van der Waals surface area contributed by atoms with Crippen molar-refractivity contribution in [2.75, 3.05) is 11.5 Å². The molecule has 2 bridgehead atoms. The molecule has 2 unspecified atom stereocenters. The smallest absolute Gasteiger partial charge is 0.275 e. The third-order valence-corrected chi connectivity index (χ3v) is 12.3. The summed E-state index contributed by atoms with van der Waals surface area (Å²) >= 11 is 2.00. The van der Waals surface area contributed by atoms with Crippen molar-refractivity contribution in [1.82, 2.24) is 0 Å². The maximum absolute atomic E-state index is 13.3. The maximum atomic E-state index is 13.3. The first-order chi connectivity index (χ1) is 16.7. The molecule has 0 aliphatic carbocycles. The Morgan fingerprint density at radius 2 is 1.03 bits per heavy atom. The van der Waals surface area contributed by atoms with E-state index in [-0.39, 0.29) is 0 Å². The van der Waals surface area contributed by atoms with Gasteiger partial charge in [0, 0.05) is 0 Å². The van der Waals surface area contributed by atoms with Crippen LogP contribution in [0.4, 0.5) is 0 Å². The van der Waals surface area contributed by atoms with Crippen molar-refractivity contribution in [3.8, 4) is 0 Å². The Morgan fingerprint density at radius 1 is 0.629 bits per heavy atom. The van der Waals surface area contributed by atoms with Crippen LogP contribution in [0.25, 0.3) is 0 Å². The lowest BCUT2D eigenvalue weighted by atomic mass is 9.90. The van der Waals surface area contributed by atoms with Crippen molar-refractivity contribution in [3.05, 3.63) is 71.8 Å². The van der Waals surface area contributed by atoms with Gasteiger partial charge in [-0.3, -0.25) is 9.05 Å². The quantitative estimate of drug-likeness (QED) is 0.353.